The fourth-order valence-corrected chi connectivity index (χ4v) is 6.68. The number of likely N-dealkylation sites (N-methyl/N-ethyl adjacent to an activating group) is 1. The van der Waals surface area contributed by atoms with Gasteiger partial charge in [-0.2, -0.15) is 13.2 Å². The maximum Gasteiger partial charge on any atom is 0.419 e. The highest BCUT2D eigenvalue weighted by molar-refractivity contribution is 7.94. The third-order valence-electron chi connectivity index (χ3n) is 5.59. The average Bonchev–Trinajstić information content (AvgIpc) is 3.38. The fourth-order valence-electron chi connectivity index (χ4n) is 3.88. The van der Waals surface area contributed by atoms with Gasteiger partial charge in [0.1, 0.15) is 20.4 Å². The van der Waals surface area contributed by atoms with Gasteiger partial charge in [0.2, 0.25) is 0 Å². The smallest absolute Gasteiger partial charge is 0.419 e. The number of rotatable bonds is 7. The monoisotopic (exact) mass is 546 g/mol. The molecule has 3 aromatic rings. The Labute approximate surface area is 210 Å². The van der Waals surface area contributed by atoms with Crippen molar-refractivity contribution in [1.29, 1.82) is 0 Å². The zero-order valence-corrected chi connectivity index (χ0v) is 20.9. The summed E-state index contributed by atoms with van der Waals surface area (Å²) in [6, 6.07) is 11.2. The van der Waals surface area contributed by atoms with E-state index < -0.39 is 33.6 Å². The number of nitrogens with one attached hydrogen (secondary N) is 1. The lowest BCUT2D eigenvalue weighted by Gasteiger charge is -2.19. The van der Waals surface area contributed by atoms with Gasteiger partial charge in [0.25, 0.3) is 10.0 Å². The number of thiophene rings is 1. The van der Waals surface area contributed by atoms with Gasteiger partial charge in [-0.15, -0.1) is 11.3 Å². The van der Waals surface area contributed by atoms with Crippen molar-refractivity contribution in [2.45, 2.75) is 29.5 Å². The first kappa shape index (κ1) is 25.8. The number of aliphatic hydroxyl groups is 1. The van der Waals surface area contributed by atoms with Crippen LogP contribution in [-0.4, -0.2) is 44.7 Å². The third-order valence-corrected chi connectivity index (χ3v) is 8.80. The molecule has 2 heterocycles. The molecule has 0 aliphatic carbocycles. The van der Waals surface area contributed by atoms with Crippen LogP contribution in [0, 0.1) is 0 Å². The molecule has 1 aromatic heterocycles. The minimum atomic E-state index is -4.66. The summed E-state index contributed by atoms with van der Waals surface area (Å²) in [6.07, 6.45) is -4.53. The molecule has 1 fully saturated rings. The molecule has 0 spiro atoms. The molecule has 0 radical (unpaired) electrons. The van der Waals surface area contributed by atoms with Crippen LogP contribution in [0.2, 0.25) is 4.34 Å². The second kappa shape index (κ2) is 9.98. The third kappa shape index (κ3) is 5.75. The van der Waals surface area contributed by atoms with Crippen LogP contribution in [0.3, 0.4) is 0 Å². The van der Waals surface area contributed by atoms with E-state index in [9.17, 15) is 26.7 Å². The van der Waals surface area contributed by atoms with Crippen molar-refractivity contribution in [3.63, 3.8) is 0 Å². The molecule has 1 aliphatic heterocycles. The number of anilines is 1. The molecule has 1 saturated heterocycles. The zero-order chi connectivity index (χ0) is 25.4. The Kier molecular flexibility index (Phi) is 7.35. The molecule has 2 aromatic carbocycles. The second-order valence-electron chi connectivity index (χ2n) is 8.17. The van der Waals surface area contributed by atoms with Gasteiger partial charge in [-0.05, 0) is 42.8 Å². The van der Waals surface area contributed by atoms with Gasteiger partial charge in [0.15, 0.2) is 0 Å². The average molecular weight is 547 g/mol. The molecule has 0 bridgehead atoms. The Bertz CT molecular complexity index is 1330. The zero-order valence-electron chi connectivity index (χ0n) is 18.5. The van der Waals surface area contributed by atoms with Gasteiger partial charge >= 0.3 is 6.18 Å². The first-order valence-electron chi connectivity index (χ1n) is 10.6. The van der Waals surface area contributed by atoms with Crippen molar-refractivity contribution in [1.82, 2.24) is 4.90 Å². The van der Waals surface area contributed by atoms with Crippen molar-refractivity contribution in [3.05, 3.63) is 64.0 Å². The lowest BCUT2D eigenvalue weighted by atomic mass is 10.0. The molecule has 1 aliphatic rings. The van der Waals surface area contributed by atoms with E-state index in [1.165, 1.54) is 6.07 Å². The highest BCUT2D eigenvalue weighted by atomic mass is 35.5. The van der Waals surface area contributed by atoms with E-state index in [0.717, 1.165) is 29.5 Å². The summed E-state index contributed by atoms with van der Waals surface area (Å²) in [4.78, 5) is 1.94. The number of ether oxygens (including phenoxy) is 1. The topological polar surface area (TPSA) is 78.9 Å². The summed E-state index contributed by atoms with van der Waals surface area (Å²) < 4.78 is 74.8. The van der Waals surface area contributed by atoms with Crippen LogP contribution in [0.25, 0.3) is 11.1 Å². The first-order chi connectivity index (χ1) is 16.5. The van der Waals surface area contributed by atoms with Crippen molar-refractivity contribution in [2.24, 2.45) is 0 Å². The Morgan fingerprint density at radius 1 is 1.20 bits per heavy atom. The molecule has 12 heteroatoms. The molecular formula is C23H22ClF3N2O4S2. The number of aliphatic hydroxyl groups excluding tert-OH is 1. The van der Waals surface area contributed by atoms with Crippen molar-refractivity contribution in [2.75, 3.05) is 24.9 Å². The molecule has 0 saturated carbocycles. The van der Waals surface area contributed by atoms with Crippen LogP contribution in [0.4, 0.5) is 18.9 Å². The van der Waals surface area contributed by atoms with Crippen LogP contribution < -0.4 is 9.46 Å². The number of alkyl halides is 3. The van der Waals surface area contributed by atoms with Crippen LogP contribution in [0.15, 0.2) is 52.7 Å². The summed E-state index contributed by atoms with van der Waals surface area (Å²) >= 11 is 7.13. The Hall–Kier alpha value is -2.31. The highest BCUT2D eigenvalue weighted by Gasteiger charge is 2.36. The molecular weight excluding hydrogens is 525 g/mol. The molecule has 0 unspecified atom stereocenters. The van der Waals surface area contributed by atoms with Gasteiger partial charge in [-0.1, -0.05) is 35.9 Å². The summed E-state index contributed by atoms with van der Waals surface area (Å²) in [5.41, 5.74) is 0.553. The number of hydrogen-bond acceptors (Lipinski definition) is 6. The molecule has 1 atom stereocenters. The van der Waals surface area contributed by atoms with E-state index in [1.807, 2.05) is 11.9 Å². The Morgan fingerprint density at radius 3 is 2.60 bits per heavy atom. The number of benzene rings is 2. The fraction of sp³-hybridized carbons (Fsp3) is 0.304. The quantitative estimate of drug-likeness (QED) is 0.411. The number of likely N-dealkylation sites (tertiary alicyclic amines) is 1. The van der Waals surface area contributed by atoms with E-state index in [1.54, 1.807) is 24.3 Å². The molecule has 188 valence electrons. The van der Waals surface area contributed by atoms with Crippen molar-refractivity contribution in [3.8, 4) is 16.9 Å². The number of halogens is 4. The first-order valence-corrected chi connectivity index (χ1v) is 13.2. The summed E-state index contributed by atoms with van der Waals surface area (Å²) in [5.74, 6) is -0.431. The van der Waals surface area contributed by atoms with Gasteiger partial charge in [0.05, 0.1) is 17.9 Å². The van der Waals surface area contributed by atoms with Gasteiger partial charge in [-0.3, -0.25) is 4.72 Å². The molecule has 35 heavy (non-hydrogen) atoms. The van der Waals surface area contributed by atoms with E-state index >= 15 is 0 Å². The minimum absolute atomic E-state index is 0.0683. The van der Waals surface area contributed by atoms with Crippen molar-refractivity contribution >= 4 is 38.6 Å². The maximum atomic E-state index is 13.5. The van der Waals surface area contributed by atoms with Crippen LogP contribution in [0.5, 0.6) is 5.75 Å². The van der Waals surface area contributed by atoms with Gasteiger partial charge in [0, 0.05) is 24.7 Å². The Balaban J connectivity index is 1.64. The maximum absolute atomic E-state index is 13.5. The van der Waals surface area contributed by atoms with E-state index in [2.05, 4.69) is 4.72 Å². The van der Waals surface area contributed by atoms with Crippen molar-refractivity contribution < 1.29 is 31.4 Å². The number of hydrogen-bond donors (Lipinski definition) is 2. The van der Waals surface area contributed by atoms with Gasteiger partial charge in [-0.25, -0.2) is 8.42 Å². The number of nitrogens with zero attached hydrogens (tertiary/aromatic N) is 1. The van der Waals surface area contributed by atoms with Crippen LogP contribution in [0.1, 0.15) is 17.5 Å². The Morgan fingerprint density at radius 2 is 1.94 bits per heavy atom. The van der Waals surface area contributed by atoms with E-state index in [4.69, 9.17) is 16.3 Å². The lowest BCUT2D eigenvalue weighted by Crippen LogP contribution is -2.23. The van der Waals surface area contributed by atoms with E-state index in [0.29, 0.717) is 36.2 Å². The standard InChI is InChI=1S/C23H22ClF3N2O4S2/c1-29-9-8-16(12-29)33-20-10-15(6-7-19(20)23(25,26)27)28-35(31,32)21-11-18(22(24)34-21)17-5-3-2-4-14(17)13-30/h2-7,10-11,16,28,30H,8-9,12-13H2,1H3/t16-/m1/s1. The van der Waals surface area contributed by atoms with Gasteiger partial charge < -0.3 is 14.7 Å². The van der Waals surface area contributed by atoms with E-state index in [-0.39, 0.29) is 20.8 Å². The summed E-state index contributed by atoms with van der Waals surface area (Å²) in [5, 5.41) is 9.59. The molecule has 2 N–H and O–H groups in total. The highest BCUT2D eigenvalue weighted by Crippen LogP contribution is 2.41. The van der Waals surface area contributed by atoms with Crippen LogP contribution in [-0.2, 0) is 22.8 Å². The minimum Gasteiger partial charge on any atom is -0.488 e. The number of sulfonamides is 1. The predicted molar refractivity (Wildman–Crippen MR) is 129 cm³/mol. The lowest BCUT2D eigenvalue weighted by molar-refractivity contribution is -0.139. The van der Waals surface area contributed by atoms with Crippen LogP contribution >= 0.6 is 22.9 Å². The molecule has 6 nitrogen and oxygen atoms in total. The summed E-state index contributed by atoms with van der Waals surface area (Å²) in [6.45, 7) is 0.909. The second-order valence-corrected chi connectivity index (χ2v) is 11.7. The SMILES string of the molecule is CN1CC[C@@H](Oc2cc(NS(=O)(=O)c3cc(-c4ccccc4CO)c(Cl)s3)ccc2C(F)(F)F)C1. The summed E-state index contributed by atoms with van der Waals surface area (Å²) in [7, 11) is -2.32. The molecule has 4 rings (SSSR count). The normalized spacial score (nSPS) is 17.0. The predicted octanol–water partition coefficient (Wildman–Crippen LogP) is 5.46. The largest absolute Gasteiger partial charge is 0.488 e. The molecule has 0 amide bonds.